The average molecular weight is 650 g/mol. The van der Waals surface area contributed by atoms with E-state index >= 15 is 0 Å². The minimum absolute atomic E-state index is 0.0217. The molecule has 3 rings (SSSR count). The Morgan fingerprint density at radius 1 is 1.16 bits per heavy atom. The van der Waals surface area contributed by atoms with Crippen LogP contribution in [0.15, 0.2) is 5.38 Å². The molecule has 1 saturated heterocycles. The summed E-state index contributed by atoms with van der Waals surface area (Å²) in [6, 6.07) is -1.47. The summed E-state index contributed by atoms with van der Waals surface area (Å²) < 4.78 is 5.69. The maximum Gasteiger partial charge on any atom is 0.303 e. The molecule has 1 aromatic rings. The number of nitrogens with zero attached hydrogens (tertiary/aromatic N) is 3. The lowest BCUT2D eigenvalue weighted by atomic mass is 9.69. The molecule has 2 aliphatic rings. The second kappa shape index (κ2) is 16.0. The van der Waals surface area contributed by atoms with E-state index in [-0.39, 0.29) is 78.1 Å². The molecule has 3 amide bonds. The number of hydrogen-bond donors (Lipinski definition) is 3. The zero-order chi connectivity index (χ0) is 33.6. The number of nitrogens with one attached hydrogen (secondary N) is 2. The Morgan fingerprint density at radius 3 is 2.40 bits per heavy atom. The molecule has 0 aromatic carbocycles. The number of amides is 3. The van der Waals surface area contributed by atoms with E-state index in [4.69, 9.17) is 9.84 Å². The highest BCUT2D eigenvalue weighted by molar-refractivity contribution is 7.09. The van der Waals surface area contributed by atoms with E-state index in [9.17, 15) is 24.0 Å². The maximum absolute atomic E-state index is 13.9. The van der Waals surface area contributed by atoms with Gasteiger partial charge in [-0.15, -0.1) is 11.3 Å². The summed E-state index contributed by atoms with van der Waals surface area (Å²) in [5.41, 5.74) is 0.196. The molecule has 45 heavy (non-hydrogen) atoms. The van der Waals surface area contributed by atoms with Crippen LogP contribution in [0, 0.1) is 23.7 Å². The first-order valence-corrected chi connectivity index (χ1v) is 16.9. The van der Waals surface area contributed by atoms with Crippen molar-refractivity contribution in [3.8, 4) is 0 Å². The van der Waals surface area contributed by atoms with Crippen molar-refractivity contribution >= 4 is 41.0 Å². The van der Waals surface area contributed by atoms with Crippen LogP contribution in [0.3, 0.4) is 0 Å². The number of thiazole rings is 1. The van der Waals surface area contributed by atoms with Crippen molar-refractivity contribution in [2.75, 3.05) is 20.6 Å². The van der Waals surface area contributed by atoms with Crippen molar-refractivity contribution < 1.29 is 33.8 Å². The third-order valence-corrected chi connectivity index (χ3v) is 10.3. The highest BCUT2D eigenvalue weighted by Gasteiger charge is 2.40. The lowest BCUT2D eigenvalue weighted by molar-refractivity contribution is -0.149. The van der Waals surface area contributed by atoms with Gasteiger partial charge in [-0.1, -0.05) is 41.0 Å². The highest BCUT2D eigenvalue weighted by atomic mass is 32.1. The number of aliphatic carboxylic acids is 1. The summed E-state index contributed by atoms with van der Waals surface area (Å²) in [7, 11) is 3.65. The molecular weight excluding hydrogens is 598 g/mol. The van der Waals surface area contributed by atoms with Crippen LogP contribution in [0.1, 0.15) is 102 Å². The number of likely N-dealkylation sites (N-methyl/N-ethyl adjacent to an activating group) is 2. The van der Waals surface area contributed by atoms with Crippen molar-refractivity contribution in [2.24, 2.45) is 23.7 Å². The number of rotatable bonds is 14. The van der Waals surface area contributed by atoms with E-state index in [2.05, 4.69) is 15.6 Å². The molecule has 2 fully saturated rings. The number of hydrogen-bond acceptors (Lipinski definition) is 9. The summed E-state index contributed by atoms with van der Waals surface area (Å²) >= 11 is 1.21. The number of piperidine rings is 1. The standard InChI is InChI=1S/C32H51N5O7S/c1-17(2)25(37(8)32(43)28(18(3)4)35-30(42)24-11-9-10-12-36(24)7)15-26(44-20(6)38)31-34-23(16-45-31)29(41)33-22-13-21(19(22)5)14-27(39)40/h16-19,21-22,24-26,28H,9-15H2,1-8H3,(H,33,41)(H,35,42)(H,39,40)/t19?,21?,22?,24?,25-,26-,28+/m1/s1. The number of carboxylic acid groups (broad SMARTS) is 1. The van der Waals surface area contributed by atoms with E-state index in [1.165, 1.54) is 18.3 Å². The van der Waals surface area contributed by atoms with Crippen LogP contribution in [0.25, 0.3) is 0 Å². The molecule has 4 unspecified atom stereocenters. The van der Waals surface area contributed by atoms with Crippen molar-refractivity contribution in [1.29, 1.82) is 0 Å². The van der Waals surface area contributed by atoms with Gasteiger partial charge in [-0.25, -0.2) is 4.98 Å². The first-order valence-electron chi connectivity index (χ1n) is 16.0. The van der Waals surface area contributed by atoms with Gasteiger partial charge >= 0.3 is 11.9 Å². The summed E-state index contributed by atoms with van der Waals surface area (Å²) in [6.45, 7) is 11.9. The minimum Gasteiger partial charge on any atom is -0.481 e. The Hall–Kier alpha value is -3.06. The molecule has 0 radical (unpaired) electrons. The first kappa shape index (κ1) is 36.4. The highest BCUT2D eigenvalue weighted by Crippen LogP contribution is 2.37. The normalized spacial score (nSPS) is 23.9. The van der Waals surface area contributed by atoms with Crippen LogP contribution < -0.4 is 10.6 Å². The largest absolute Gasteiger partial charge is 0.481 e. The van der Waals surface area contributed by atoms with Crippen LogP contribution in [-0.4, -0.2) is 94.4 Å². The van der Waals surface area contributed by atoms with Gasteiger partial charge < -0.3 is 25.4 Å². The predicted octanol–water partition coefficient (Wildman–Crippen LogP) is 3.47. The van der Waals surface area contributed by atoms with Gasteiger partial charge in [0.05, 0.1) is 6.04 Å². The van der Waals surface area contributed by atoms with Gasteiger partial charge in [0.2, 0.25) is 11.8 Å². The summed E-state index contributed by atoms with van der Waals surface area (Å²) in [4.78, 5) is 71.5. The SMILES string of the molecule is CC(=O)O[C@H](C[C@H](C(C)C)N(C)C(=O)[C@@H](NC(=O)C1CCCCN1C)C(C)C)c1nc(C(=O)NC2CC(CC(=O)O)C2C)cs1. The zero-order valence-electron chi connectivity index (χ0n) is 27.9. The third kappa shape index (κ3) is 9.48. The molecular formula is C32H51N5O7S. The van der Waals surface area contributed by atoms with Crippen LogP contribution >= 0.6 is 11.3 Å². The van der Waals surface area contributed by atoms with Gasteiger partial charge in [0.15, 0.2) is 6.10 Å². The minimum atomic E-state index is -0.846. The van der Waals surface area contributed by atoms with E-state index in [0.29, 0.717) is 11.4 Å². The Bertz CT molecular complexity index is 1220. The molecule has 252 valence electrons. The Labute approximate surface area is 270 Å². The lowest BCUT2D eigenvalue weighted by Gasteiger charge is -2.42. The fourth-order valence-corrected chi connectivity index (χ4v) is 7.24. The fourth-order valence-electron chi connectivity index (χ4n) is 6.40. The first-order chi connectivity index (χ1) is 21.1. The number of likely N-dealkylation sites (tertiary alicyclic amines) is 1. The van der Waals surface area contributed by atoms with Gasteiger partial charge in [-0.2, -0.15) is 0 Å². The fraction of sp³-hybridized carbons (Fsp3) is 0.750. The van der Waals surface area contributed by atoms with Gasteiger partial charge in [-0.05, 0) is 56.5 Å². The maximum atomic E-state index is 13.9. The van der Waals surface area contributed by atoms with Crippen molar-refractivity contribution in [3.05, 3.63) is 16.1 Å². The van der Waals surface area contributed by atoms with Crippen LogP contribution in [0.2, 0.25) is 0 Å². The molecule has 12 nitrogen and oxygen atoms in total. The number of carbonyl (C=O) groups excluding carboxylic acids is 4. The van der Waals surface area contributed by atoms with E-state index in [0.717, 1.165) is 25.8 Å². The Kier molecular flexibility index (Phi) is 12.9. The van der Waals surface area contributed by atoms with Crippen LogP contribution in [-0.2, 0) is 23.9 Å². The van der Waals surface area contributed by atoms with Crippen LogP contribution in [0.4, 0.5) is 0 Å². The Morgan fingerprint density at radius 2 is 1.84 bits per heavy atom. The van der Waals surface area contributed by atoms with Gasteiger partial charge in [0.1, 0.15) is 16.7 Å². The summed E-state index contributed by atoms with van der Waals surface area (Å²) in [5, 5.41) is 17.1. The summed E-state index contributed by atoms with van der Waals surface area (Å²) in [5.74, 6) is -2.17. The van der Waals surface area contributed by atoms with Gasteiger partial charge in [0, 0.05) is 44.3 Å². The molecule has 1 saturated carbocycles. The molecule has 1 aromatic heterocycles. The van der Waals surface area contributed by atoms with Gasteiger partial charge in [0.25, 0.3) is 5.91 Å². The molecule has 7 atom stereocenters. The second-order valence-electron chi connectivity index (χ2n) is 13.4. The Balaban J connectivity index is 1.72. The molecule has 13 heteroatoms. The predicted molar refractivity (Wildman–Crippen MR) is 170 cm³/mol. The average Bonchev–Trinajstić information content (AvgIpc) is 3.46. The van der Waals surface area contributed by atoms with Gasteiger partial charge in [-0.3, -0.25) is 28.9 Å². The van der Waals surface area contributed by atoms with Crippen molar-refractivity contribution in [3.63, 3.8) is 0 Å². The van der Waals surface area contributed by atoms with Crippen molar-refractivity contribution in [2.45, 2.75) is 110 Å². The van der Waals surface area contributed by atoms with E-state index in [1.807, 2.05) is 46.6 Å². The quantitative estimate of drug-likeness (QED) is 0.257. The molecule has 2 heterocycles. The molecule has 1 aliphatic carbocycles. The van der Waals surface area contributed by atoms with E-state index in [1.54, 1.807) is 17.3 Å². The summed E-state index contributed by atoms with van der Waals surface area (Å²) in [6.07, 6.45) is 2.93. The number of carboxylic acids is 1. The topological polar surface area (TPSA) is 158 Å². The number of ether oxygens (including phenoxy) is 1. The second-order valence-corrected chi connectivity index (χ2v) is 14.3. The molecule has 3 N–H and O–H groups in total. The van der Waals surface area contributed by atoms with Crippen LogP contribution in [0.5, 0.6) is 0 Å². The molecule has 1 aliphatic heterocycles. The smallest absolute Gasteiger partial charge is 0.303 e. The third-order valence-electron chi connectivity index (χ3n) is 9.40. The molecule has 0 bridgehead atoms. The zero-order valence-corrected chi connectivity index (χ0v) is 28.7. The number of esters is 1. The lowest BCUT2D eigenvalue weighted by Crippen LogP contribution is -2.57. The number of carbonyl (C=O) groups is 5. The number of aromatic nitrogens is 1. The molecule has 0 spiro atoms. The van der Waals surface area contributed by atoms with Crippen molar-refractivity contribution in [1.82, 2.24) is 25.4 Å². The monoisotopic (exact) mass is 649 g/mol. The van der Waals surface area contributed by atoms with E-state index < -0.39 is 24.1 Å².